The van der Waals surface area contributed by atoms with Crippen molar-refractivity contribution in [2.45, 2.75) is 46.3 Å². The van der Waals surface area contributed by atoms with Gasteiger partial charge in [0.2, 0.25) is 0 Å². The largest absolute Gasteiger partial charge is 0.349 e. The highest BCUT2D eigenvalue weighted by molar-refractivity contribution is 7.27. The number of imidazole rings is 1. The third-order valence-electron chi connectivity index (χ3n) is 6.89. The molecule has 7 nitrogen and oxygen atoms in total. The van der Waals surface area contributed by atoms with Crippen LogP contribution < -0.4 is 15.5 Å². The number of hydrogen-bond donors (Lipinski definition) is 1. The van der Waals surface area contributed by atoms with Crippen molar-refractivity contribution in [3.63, 3.8) is 0 Å². The van der Waals surface area contributed by atoms with Gasteiger partial charge in [-0.3, -0.25) is 4.90 Å². The zero-order valence-corrected chi connectivity index (χ0v) is 24.2. The topological polar surface area (TPSA) is 62.1 Å². The number of aromatic nitrogens is 4. The quantitative estimate of drug-likeness (QED) is 0.356. The number of piperazine rings is 1. The Morgan fingerprint density at radius 3 is 2.32 bits per heavy atom. The van der Waals surface area contributed by atoms with Crippen molar-refractivity contribution < 1.29 is 4.39 Å². The molecular weight excluding hydrogens is 496 g/mol. The maximum absolute atomic E-state index is 13.7. The fourth-order valence-corrected chi connectivity index (χ4v) is 5.30. The van der Waals surface area contributed by atoms with Crippen LogP contribution in [0.3, 0.4) is 0 Å². The zero-order chi connectivity index (χ0) is 27.2. The van der Waals surface area contributed by atoms with Crippen LogP contribution in [0.1, 0.15) is 43.8 Å². The average Bonchev–Trinajstić information content (AvgIpc) is 3.33. The predicted molar refractivity (Wildman–Crippen MR) is 158 cm³/mol. The van der Waals surface area contributed by atoms with Crippen LogP contribution in [0.2, 0.25) is 0 Å². The molecule has 0 spiro atoms. The first kappa shape index (κ1) is 28.1. The molecule has 2 aromatic heterocycles. The van der Waals surface area contributed by atoms with Gasteiger partial charge in [-0.1, -0.05) is 50.2 Å². The van der Waals surface area contributed by atoms with E-state index in [2.05, 4.69) is 60.1 Å². The predicted octanol–water partition coefficient (Wildman–Crippen LogP) is 4.32. The summed E-state index contributed by atoms with van der Waals surface area (Å²) >= 11 is 0. The van der Waals surface area contributed by atoms with Gasteiger partial charge in [0, 0.05) is 38.8 Å². The number of halogens is 1. The molecule has 3 atom stereocenters. The van der Waals surface area contributed by atoms with E-state index in [0.29, 0.717) is 0 Å². The summed E-state index contributed by atoms with van der Waals surface area (Å²) in [6, 6.07) is 15.7. The van der Waals surface area contributed by atoms with E-state index in [0.717, 1.165) is 66.4 Å². The first-order valence-electron chi connectivity index (χ1n) is 13.4. The van der Waals surface area contributed by atoms with E-state index in [1.54, 1.807) is 12.1 Å². The van der Waals surface area contributed by atoms with Crippen LogP contribution in [0.4, 0.5) is 10.2 Å². The molecule has 0 amide bonds. The van der Waals surface area contributed by atoms with E-state index >= 15 is 0 Å². The summed E-state index contributed by atoms with van der Waals surface area (Å²) in [7, 11) is 4.69. The van der Waals surface area contributed by atoms with Gasteiger partial charge in [-0.15, -0.1) is 9.24 Å². The Balaban J connectivity index is 0.00000164. The number of anilines is 1. The summed E-state index contributed by atoms with van der Waals surface area (Å²) < 4.78 is 15.8. The minimum absolute atomic E-state index is 0.0497. The van der Waals surface area contributed by atoms with Crippen LogP contribution in [0.15, 0.2) is 54.9 Å². The second kappa shape index (κ2) is 12.7. The van der Waals surface area contributed by atoms with E-state index in [4.69, 9.17) is 15.0 Å². The van der Waals surface area contributed by atoms with Crippen molar-refractivity contribution in [2.75, 3.05) is 38.1 Å². The zero-order valence-electron chi connectivity index (χ0n) is 23.0. The Morgan fingerprint density at radius 2 is 1.68 bits per heavy atom. The number of benzene rings is 2. The number of rotatable bonds is 7. The van der Waals surface area contributed by atoms with E-state index < -0.39 is 0 Å². The van der Waals surface area contributed by atoms with Gasteiger partial charge >= 0.3 is 0 Å². The number of aryl methyl sites for hydroxylation is 1. The Kier molecular flexibility index (Phi) is 9.42. The molecule has 1 aliphatic rings. The van der Waals surface area contributed by atoms with Gasteiger partial charge in [0.25, 0.3) is 0 Å². The molecule has 0 radical (unpaired) electrons. The molecule has 202 valence electrons. The first-order valence-corrected chi connectivity index (χ1v) is 14.0. The fourth-order valence-electron chi connectivity index (χ4n) is 5.10. The van der Waals surface area contributed by atoms with Crippen LogP contribution in [-0.2, 0) is 6.54 Å². The Morgan fingerprint density at radius 1 is 1.03 bits per heavy atom. The molecule has 1 fully saturated rings. The van der Waals surface area contributed by atoms with Crippen LogP contribution in [0.25, 0.3) is 11.2 Å². The van der Waals surface area contributed by atoms with Crippen molar-refractivity contribution >= 4 is 31.5 Å². The molecule has 5 rings (SSSR count). The number of nitrogens with zero attached hydrogens (tertiary/aromatic N) is 6. The molecule has 0 bridgehead atoms. The van der Waals surface area contributed by atoms with Crippen molar-refractivity contribution in [2.24, 2.45) is 0 Å². The van der Waals surface area contributed by atoms with Crippen LogP contribution in [0.5, 0.6) is 0 Å². The lowest BCUT2D eigenvalue weighted by molar-refractivity contribution is 0.187. The van der Waals surface area contributed by atoms with E-state index in [1.165, 1.54) is 5.56 Å². The molecule has 1 N–H and O–H groups in total. The fraction of sp³-hybridized carbons (Fsp3) is 0.414. The smallest absolute Gasteiger partial charge is 0.165 e. The summed E-state index contributed by atoms with van der Waals surface area (Å²) in [5.74, 6) is 1.44. The second-order valence-corrected chi connectivity index (χ2v) is 10.1. The molecule has 3 unspecified atom stereocenters. The van der Waals surface area contributed by atoms with E-state index in [-0.39, 0.29) is 17.9 Å². The number of fused-ring (bicyclic) bond motifs is 1. The second-order valence-electron chi connectivity index (χ2n) is 9.47. The van der Waals surface area contributed by atoms with Gasteiger partial charge in [-0.25, -0.2) is 19.3 Å². The van der Waals surface area contributed by atoms with Crippen LogP contribution in [-0.4, -0.2) is 63.7 Å². The van der Waals surface area contributed by atoms with E-state index in [1.807, 2.05) is 46.3 Å². The third-order valence-corrected chi connectivity index (χ3v) is 7.28. The van der Waals surface area contributed by atoms with Gasteiger partial charge in [0.15, 0.2) is 17.0 Å². The van der Waals surface area contributed by atoms with Crippen molar-refractivity contribution in [3.8, 4) is 0 Å². The summed E-state index contributed by atoms with van der Waals surface area (Å²) in [6.07, 6.45) is 1.86. The summed E-state index contributed by atoms with van der Waals surface area (Å²) in [5.41, 5.74) is 4.03. The minimum atomic E-state index is -0.215. The molecule has 9 heteroatoms. The summed E-state index contributed by atoms with van der Waals surface area (Å²) in [4.78, 5) is 19.1. The first-order chi connectivity index (χ1) is 18.4. The maximum atomic E-state index is 13.7. The molecule has 1 aliphatic heterocycles. The maximum Gasteiger partial charge on any atom is 0.165 e. The third kappa shape index (κ3) is 6.04. The standard InChI is InChI=1S/C27H33FN7P.C2H6/c1-18-16-33(25(20-4-8-22(28)9-5-20)21-6-10-23(36)11-7-21)14-15-35(18)27-24-26(31-19(2)32-27)34(17-30-24)13-12-29-3;1-2/h4-11,17-18,25,29H,12-16,36H2,1-3H3;1-2H3. The highest BCUT2D eigenvalue weighted by atomic mass is 31.0. The Hall–Kier alpha value is -2.93. The average molecular weight is 536 g/mol. The highest BCUT2D eigenvalue weighted by Gasteiger charge is 2.32. The number of nitrogens with one attached hydrogen (secondary N) is 1. The molecule has 4 aromatic rings. The summed E-state index contributed by atoms with van der Waals surface area (Å²) in [6.45, 7) is 12.3. The lowest BCUT2D eigenvalue weighted by atomic mass is 9.95. The van der Waals surface area contributed by atoms with Crippen LogP contribution >= 0.6 is 9.24 Å². The van der Waals surface area contributed by atoms with Gasteiger partial charge in [-0.05, 0) is 49.5 Å². The van der Waals surface area contributed by atoms with Gasteiger partial charge < -0.3 is 14.8 Å². The molecule has 0 saturated carbocycles. The van der Waals surface area contributed by atoms with Crippen molar-refractivity contribution in [1.29, 1.82) is 0 Å². The normalized spacial score (nSPS) is 16.8. The summed E-state index contributed by atoms with van der Waals surface area (Å²) in [5, 5.41) is 4.33. The lowest BCUT2D eigenvalue weighted by Crippen LogP contribution is -2.53. The van der Waals surface area contributed by atoms with Crippen molar-refractivity contribution in [1.82, 2.24) is 29.7 Å². The van der Waals surface area contributed by atoms with Gasteiger partial charge in [-0.2, -0.15) is 0 Å². The SMILES string of the molecule is CC.CNCCn1cnc2c(N3CCN(C(c4ccc(F)cc4)c4ccc(P)cc4)CC3C)nc(C)nc21. The Labute approximate surface area is 227 Å². The molecule has 3 heterocycles. The number of likely N-dealkylation sites (N-methyl/N-ethyl adjacent to an activating group) is 1. The molecule has 1 saturated heterocycles. The molecule has 0 aliphatic carbocycles. The highest BCUT2D eigenvalue weighted by Crippen LogP contribution is 2.33. The molecular formula is C29H39FN7P. The van der Waals surface area contributed by atoms with Crippen molar-refractivity contribution in [3.05, 3.63) is 77.6 Å². The monoisotopic (exact) mass is 535 g/mol. The lowest BCUT2D eigenvalue weighted by Gasteiger charge is -2.44. The minimum Gasteiger partial charge on any atom is -0.349 e. The molecule has 2 aromatic carbocycles. The Bertz CT molecular complexity index is 1280. The van der Waals surface area contributed by atoms with Gasteiger partial charge in [0.05, 0.1) is 12.4 Å². The number of hydrogen-bond acceptors (Lipinski definition) is 6. The van der Waals surface area contributed by atoms with Gasteiger partial charge in [0.1, 0.15) is 11.6 Å². The van der Waals surface area contributed by atoms with Crippen LogP contribution in [0, 0.1) is 12.7 Å². The van der Waals surface area contributed by atoms with E-state index in [9.17, 15) is 4.39 Å². The molecule has 38 heavy (non-hydrogen) atoms.